The summed E-state index contributed by atoms with van der Waals surface area (Å²) in [7, 11) is 0. The van der Waals surface area contributed by atoms with Gasteiger partial charge in [-0.2, -0.15) is 0 Å². The maximum atomic E-state index is 13.9. The predicted octanol–water partition coefficient (Wildman–Crippen LogP) is 3.85. The van der Waals surface area contributed by atoms with Crippen LogP contribution >= 0.6 is 11.8 Å². The van der Waals surface area contributed by atoms with Gasteiger partial charge in [-0.1, -0.05) is 18.2 Å². The van der Waals surface area contributed by atoms with Gasteiger partial charge in [0, 0.05) is 23.4 Å². The van der Waals surface area contributed by atoms with Gasteiger partial charge in [0.2, 0.25) is 0 Å². The number of carbonyl (C=O) groups is 1. The first-order valence-electron chi connectivity index (χ1n) is 6.59. The third kappa shape index (κ3) is 2.78. The maximum absolute atomic E-state index is 13.9. The lowest BCUT2D eigenvalue weighted by Crippen LogP contribution is -2.30. The molecule has 2 aromatic rings. The summed E-state index contributed by atoms with van der Waals surface area (Å²) in [4.78, 5) is 14.2. The van der Waals surface area contributed by atoms with E-state index >= 15 is 0 Å². The zero-order chi connectivity index (χ0) is 14.8. The van der Waals surface area contributed by atoms with Crippen molar-refractivity contribution < 1.29 is 13.6 Å². The second-order valence-corrected chi connectivity index (χ2v) is 5.94. The first-order valence-corrected chi connectivity index (χ1v) is 7.64. The molecule has 0 saturated carbocycles. The van der Waals surface area contributed by atoms with E-state index in [0.717, 1.165) is 5.75 Å². The van der Waals surface area contributed by atoms with Crippen molar-refractivity contribution >= 4 is 17.7 Å². The van der Waals surface area contributed by atoms with E-state index in [2.05, 4.69) is 0 Å². The molecule has 1 saturated heterocycles. The topological polar surface area (TPSA) is 20.3 Å². The minimum absolute atomic E-state index is 0.201. The molecule has 21 heavy (non-hydrogen) atoms. The first kappa shape index (κ1) is 14.1. The number of rotatable bonds is 2. The molecule has 0 aromatic heterocycles. The predicted molar refractivity (Wildman–Crippen MR) is 79.0 cm³/mol. The molecule has 1 amide bonds. The van der Waals surface area contributed by atoms with E-state index in [1.165, 1.54) is 42.1 Å². The summed E-state index contributed by atoms with van der Waals surface area (Å²) in [6, 6.07) is 11.9. The molecule has 5 heteroatoms. The van der Waals surface area contributed by atoms with Gasteiger partial charge in [0.1, 0.15) is 17.0 Å². The molecular formula is C16H13F2NOS. The van der Waals surface area contributed by atoms with Crippen molar-refractivity contribution in [1.82, 2.24) is 4.90 Å². The normalized spacial score (nSPS) is 18.0. The molecule has 3 rings (SSSR count). The number of halogens is 2. The minimum atomic E-state index is -0.381. The van der Waals surface area contributed by atoms with Crippen LogP contribution in [0.2, 0.25) is 0 Å². The molecule has 0 N–H and O–H groups in total. The van der Waals surface area contributed by atoms with Crippen LogP contribution in [0.5, 0.6) is 0 Å². The van der Waals surface area contributed by atoms with Gasteiger partial charge in [-0.25, -0.2) is 8.78 Å². The van der Waals surface area contributed by atoms with Crippen molar-refractivity contribution in [2.45, 2.75) is 5.37 Å². The smallest absolute Gasteiger partial charge is 0.255 e. The molecule has 1 aliphatic heterocycles. The van der Waals surface area contributed by atoms with Gasteiger partial charge in [-0.15, -0.1) is 11.8 Å². The number of benzene rings is 2. The summed E-state index contributed by atoms with van der Waals surface area (Å²) >= 11 is 1.53. The number of hydrogen-bond acceptors (Lipinski definition) is 2. The zero-order valence-electron chi connectivity index (χ0n) is 11.1. The lowest BCUT2D eigenvalue weighted by molar-refractivity contribution is 0.0759. The van der Waals surface area contributed by atoms with Gasteiger partial charge in [0.25, 0.3) is 5.91 Å². The fourth-order valence-electron chi connectivity index (χ4n) is 2.37. The molecule has 1 unspecified atom stereocenters. The molecule has 0 aliphatic carbocycles. The number of amides is 1. The molecule has 0 radical (unpaired) electrons. The average molecular weight is 305 g/mol. The standard InChI is InChI=1S/C16H13F2NOS/c17-12-7-5-11(6-8-12)15(20)19-9-10-21-16(19)13-3-1-2-4-14(13)18/h1-8,16H,9-10H2. The Bertz CT molecular complexity index is 660. The SMILES string of the molecule is O=C(c1ccc(F)cc1)N1CCSC1c1ccccc1F. The number of hydrogen-bond donors (Lipinski definition) is 0. The Morgan fingerprint density at radius 2 is 1.81 bits per heavy atom. The Labute approximate surface area is 125 Å². The van der Waals surface area contributed by atoms with Crippen molar-refractivity contribution in [2.24, 2.45) is 0 Å². The van der Waals surface area contributed by atoms with Crippen LogP contribution in [0.25, 0.3) is 0 Å². The second kappa shape index (κ2) is 5.85. The summed E-state index contributed by atoms with van der Waals surface area (Å²) in [6.07, 6.45) is 0. The maximum Gasteiger partial charge on any atom is 0.255 e. The van der Waals surface area contributed by atoms with Crippen LogP contribution in [0.1, 0.15) is 21.3 Å². The van der Waals surface area contributed by atoms with Crippen molar-refractivity contribution in [3.63, 3.8) is 0 Å². The Kier molecular flexibility index (Phi) is 3.92. The minimum Gasteiger partial charge on any atom is -0.322 e. The molecule has 2 nitrogen and oxygen atoms in total. The van der Waals surface area contributed by atoms with Crippen molar-refractivity contribution in [1.29, 1.82) is 0 Å². The highest BCUT2D eigenvalue weighted by Gasteiger charge is 2.32. The van der Waals surface area contributed by atoms with E-state index in [0.29, 0.717) is 17.7 Å². The molecule has 1 atom stereocenters. The van der Waals surface area contributed by atoms with Gasteiger partial charge < -0.3 is 4.90 Å². The fraction of sp³-hybridized carbons (Fsp3) is 0.188. The zero-order valence-corrected chi connectivity index (χ0v) is 11.9. The number of thioether (sulfide) groups is 1. The molecule has 0 spiro atoms. The van der Waals surface area contributed by atoms with E-state index < -0.39 is 0 Å². The van der Waals surface area contributed by atoms with Crippen molar-refractivity contribution in [2.75, 3.05) is 12.3 Å². The Morgan fingerprint density at radius 3 is 2.52 bits per heavy atom. The molecule has 108 valence electrons. The van der Waals surface area contributed by atoms with E-state index in [4.69, 9.17) is 0 Å². The molecule has 2 aromatic carbocycles. The third-order valence-corrected chi connectivity index (χ3v) is 4.66. The van der Waals surface area contributed by atoms with Crippen LogP contribution in [0.3, 0.4) is 0 Å². The molecule has 1 fully saturated rings. The highest BCUT2D eigenvalue weighted by atomic mass is 32.2. The summed E-state index contributed by atoms with van der Waals surface area (Å²) in [5, 5.41) is -0.330. The van der Waals surface area contributed by atoms with E-state index in [-0.39, 0.29) is 22.9 Å². The van der Waals surface area contributed by atoms with Gasteiger partial charge in [0.15, 0.2) is 0 Å². The lowest BCUT2D eigenvalue weighted by Gasteiger charge is -2.24. The largest absolute Gasteiger partial charge is 0.322 e. The first-order chi connectivity index (χ1) is 10.2. The van der Waals surface area contributed by atoms with Crippen molar-refractivity contribution in [3.05, 3.63) is 71.3 Å². The third-order valence-electron chi connectivity index (χ3n) is 3.41. The number of nitrogens with zero attached hydrogens (tertiary/aromatic N) is 1. The summed E-state index contributed by atoms with van der Waals surface area (Å²) < 4.78 is 26.9. The monoisotopic (exact) mass is 305 g/mol. The van der Waals surface area contributed by atoms with E-state index in [9.17, 15) is 13.6 Å². The van der Waals surface area contributed by atoms with Gasteiger partial charge in [-0.05, 0) is 30.3 Å². The summed E-state index contributed by atoms with van der Waals surface area (Å²) in [5.74, 6) is -0.138. The van der Waals surface area contributed by atoms with Crippen LogP contribution in [0.4, 0.5) is 8.78 Å². The average Bonchev–Trinajstić information content (AvgIpc) is 2.97. The van der Waals surface area contributed by atoms with Crippen LogP contribution in [0.15, 0.2) is 48.5 Å². The second-order valence-electron chi connectivity index (χ2n) is 4.75. The highest BCUT2D eigenvalue weighted by Crippen LogP contribution is 2.39. The fourth-order valence-corrected chi connectivity index (χ4v) is 3.65. The van der Waals surface area contributed by atoms with E-state index in [1.54, 1.807) is 23.1 Å². The summed E-state index contributed by atoms with van der Waals surface area (Å²) in [6.45, 7) is 0.555. The summed E-state index contributed by atoms with van der Waals surface area (Å²) in [5.41, 5.74) is 0.927. The lowest BCUT2D eigenvalue weighted by atomic mass is 10.1. The van der Waals surface area contributed by atoms with Gasteiger partial charge >= 0.3 is 0 Å². The highest BCUT2D eigenvalue weighted by molar-refractivity contribution is 7.99. The van der Waals surface area contributed by atoms with Crippen molar-refractivity contribution in [3.8, 4) is 0 Å². The Morgan fingerprint density at radius 1 is 1.10 bits per heavy atom. The molecule has 1 heterocycles. The molecular weight excluding hydrogens is 292 g/mol. The number of carbonyl (C=O) groups excluding carboxylic acids is 1. The van der Waals surface area contributed by atoms with Crippen LogP contribution in [-0.4, -0.2) is 23.1 Å². The molecule has 1 aliphatic rings. The van der Waals surface area contributed by atoms with Gasteiger partial charge in [0.05, 0.1) is 0 Å². The van der Waals surface area contributed by atoms with Crippen LogP contribution in [-0.2, 0) is 0 Å². The molecule has 0 bridgehead atoms. The van der Waals surface area contributed by atoms with E-state index in [1.807, 2.05) is 0 Å². The van der Waals surface area contributed by atoms with Crippen LogP contribution in [0, 0.1) is 11.6 Å². The quantitative estimate of drug-likeness (QED) is 0.840. The van der Waals surface area contributed by atoms with Crippen LogP contribution < -0.4 is 0 Å². The Hall–Kier alpha value is -1.88. The Balaban J connectivity index is 1.89. The van der Waals surface area contributed by atoms with Gasteiger partial charge in [-0.3, -0.25) is 4.79 Å².